The second-order valence-corrected chi connectivity index (χ2v) is 9.14. The lowest BCUT2D eigenvalue weighted by Gasteiger charge is -2.17. The van der Waals surface area contributed by atoms with Crippen LogP contribution >= 0.6 is 0 Å². The first-order valence-corrected chi connectivity index (χ1v) is 9.79. The standard InChI is InChI=1S/C11H21N3O5S2/c1-9-11(10(2)14(12-9)5-7-15)21(18,19)13(3)6-8-20(4,16)17/h15H,5-8H2,1-4H3. The molecule has 1 rings (SSSR count). The predicted molar refractivity (Wildman–Crippen MR) is 78.3 cm³/mol. The quantitative estimate of drug-likeness (QED) is 0.693. The Bertz CT molecular complexity index is 706. The monoisotopic (exact) mass is 339 g/mol. The summed E-state index contributed by atoms with van der Waals surface area (Å²) in [5, 5.41) is 13.0. The molecule has 1 aromatic heterocycles. The summed E-state index contributed by atoms with van der Waals surface area (Å²) in [6, 6.07) is 0. The summed E-state index contributed by atoms with van der Waals surface area (Å²) < 4.78 is 49.8. The molecule has 8 nitrogen and oxygen atoms in total. The van der Waals surface area contributed by atoms with E-state index in [9.17, 15) is 16.8 Å². The van der Waals surface area contributed by atoms with E-state index >= 15 is 0 Å². The Hall–Kier alpha value is -0.970. The third-order valence-electron chi connectivity index (χ3n) is 3.07. The summed E-state index contributed by atoms with van der Waals surface area (Å²) in [6.45, 7) is 3.11. The molecule has 0 fully saturated rings. The van der Waals surface area contributed by atoms with Gasteiger partial charge in [-0.2, -0.15) is 9.40 Å². The molecule has 21 heavy (non-hydrogen) atoms. The number of rotatable bonds is 7. The molecule has 0 saturated heterocycles. The molecule has 0 spiro atoms. The van der Waals surface area contributed by atoms with E-state index in [2.05, 4.69) is 5.10 Å². The molecule has 1 heterocycles. The zero-order chi connectivity index (χ0) is 16.4. The topological polar surface area (TPSA) is 110 Å². The van der Waals surface area contributed by atoms with Gasteiger partial charge in [0, 0.05) is 19.8 Å². The molecule has 0 bridgehead atoms. The van der Waals surface area contributed by atoms with Gasteiger partial charge in [-0.15, -0.1) is 0 Å². The van der Waals surface area contributed by atoms with E-state index in [1.807, 2.05) is 0 Å². The first-order chi connectivity index (χ1) is 9.50. The highest BCUT2D eigenvalue weighted by Crippen LogP contribution is 2.22. The zero-order valence-electron chi connectivity index (χ0n) is 12.6. The van der Waals surface area contributed by atoms with Crippen LogP contribution in [0.5, 0.6) is 0 Å². The van der Waals surface area contributed by atoms with Crippen molar-refractivity contribution in [2.75, 3.05) is 32.2 Å². The van der Waals surface area contributed by atoms with E-state index in [0.717, 1.165) is 10.6 Å². The second kappa shape index (κ2) is 6.42. The minimum Gasteiger partial charge on any atom is -0.394 e. The van der Waals surface area contributed by atoms with Crippen molar-refractivity contribution in [1.29, 1.82) is 0 Å². The lowest BCUT2D eigenvalue weighted by molar-refractivity contribution is 0.267. The van der Waals surface area contributed by atoms with Gasteiger partial charge in [0.2, 0.25) is 10.0 Å². The molecule has 0 aromatic carbocycles. The lowest BCUT2D eigenvalue weighted by Crippen LogP contribution is -2.32. The van der Waals surface area contributed by atoms with E-state index in [1.165, 1.54) is 11.7 Å². The van der Waals surface area contributed by atoms with Gasteiger partial charge in [-0.3, -0.25) is 4.68 Å². The number of sulfonamides is 1. The number of aryl methyl sites for hydroxylation is 1. The molecular formula is C11H21N3O5S2. The van der Waals surface area contributed by atoms with Crippen LogP contribution in [-0.4, -0.2) is 68.2 Å². The van der Waals surface area contributed by atoms with E-state index in [-0.39, 0.29) is 30.3 Å². The highest BCUT2D eigenvalue weighted by molar-refractivity contribution is 7.91. The third kappa shape index (κ3) is 4.25. The minimum atomic E-state index is -3.82. The highest BCUT2D eigenvalue weighted by atomic mass is 32.2. The van der Waals surface area contributed by atoms with Gasteiger partial charge in [-0.25, -0.2) is 16.8 Å². The largest absolute Gasteiger partial charge is 0.394 e. The average Bonchev–Trinajstić information content (AvgIpc) is 2.61. The SMILES string of the molecule is Cc1nn(CCO)c(C)c1S(=O)(=O)N(C)CCS(C)(=O)=O. The van der Waals surface area contributed by atoms with Crippen LogP contribution < -0.4 is 0 Å². The molecule has 0 atom stereocenters. The number of aromatic nitrogens is 2. The van der Waals surface area contributed by atoms with Gasteiger partial charge < -0.3 is 5.11 Å². The number of hydrogen-bond acceptors (Lipinski definition) is 6. The van der Waals surface area contributed by atoms with Crippen LogP contribution in [0.3, 0.4) is 0 Å². The predicted octanol–water partition coefficient (Wildman–Crippen LogP) is -0.843. The van der Waals surface area contributed by atoms with E-state index in [4.69, 9.17) is 5.11 Å². The Balaban J connectivity index is 3.13. The van der Waals surface area contributed by atoms with Crippen LogP contribution in [0.1, 0.15) is 11.4 Å². The highest BCUT2D eigenvalue weighted by Gasteiger charge is 2.28. The maximum absolute atomic E-state index is 12.5. The van der Waals surface area contributed by atoms with E-state index in [1.54, 1.807) is 13.8 Å². The summed E-state index contributed by atoms with van der Waals surface area (Å²) in [4.78, 5) is 0.0620. The Morgan fingerprint density at radius 1 is 1.24 bits per heavy atom. The second-order valence-electron chi connectivity index (χ2n) is 4.90. The molecule has 1 N–H and O–H groups in total. The number of nitrogens with zero attached hydrogens (tertiary/aromatic N) is 3. The number of aliphatic hydroxyl groups is 1. The van der Waals surface area contributed by atoms with Gasteiger partial charge in [-0.05, 0) is 13.8 Å². The molecule has 10 heteroatoms. The van der Waals surface area contributed by atoms with Crippen LogP contribution in [0.25, 0.3) is 0 Å². The van der Waals surface area contributed by atoms with Crippen molar-refractivity contribution in [3.63, 3.8) is 0 Å². The lowest BCUT2D eigenvalue weighted by atomic mass is 10.4. The van der Waals surface area contributed by atoms with Crippen molar-refractivity contribution in [3.8, 4) is 0 Å². The summed E-state index contributed by atoms with van der Waals surface area (Å²) in [7, 11) is -5.73. The summed E-state index contributed by atoms with van der Waals surface area (Å²) in [5.41, 5.74) is 0.750. The first kappa shape index (κ1) is 18.1. The van der Waals surface area contributed by atoms with Gasteiger partial charge >= 0.3 is 0 Å². The summed E-state index contributed by atoms with van der Waals surface area (Å²) in [5.74, 6) is -0.244. The van der Waals surface area contributed by atoms with Crippen molar-refractivity contribution in [3.05, 3.63) is 11.4 Å². The molecule has 0 aliphatic carbocycles. The Morgan fingerprint density at radius 3 is 2.29 bits per heavy atom. The van der Waals surface area contributed by atoms with Crippen molar-refractivity contribution in [2.24, 2.45) is 0 Å². The average molecular weight is 339 g/mol. The molecule has 0 aliphatic heterocycles. The van der Waals surface area contributed by atoms with Gasteiger partial charge in [0.25, 0.3) is 0 Å². The first-order valence-electron chi connectivity index (χ1n) is 6.29. The van der Waals surface area contributed by atoms with Crippen LogP contribution in [0.15, 0.2) is 4.90 Å². The van der Waals surface area contributed by atoms with Gasteiger partial charge in [-0.1, -0.05) is 0 Å². The molecule has 0 unspecified atom stereocenters. The van der Waals surface area contributed by atoms with Gasteiger partial charge in [0.1, 0.15) is 14.7 Å². The van der Waals surface area contributed by atoms with Crippen LogP contribution in [0.4, 0.5) is 0 Å². The molecule has 0 radical (unpaired) electrons. The van der Waals surface area contributed by atoms with Gasteiger partial charge in [0.15, 0.2) is 0 Å². The van der Waals surface area contributed by atoms with E-state index < -0.39 is 19.9 Å². The maximum atomic E-state index is 12.5. The third-order valence-corrected chi connectivity index (χ3v) is 6.11. The van der Waals surface area contributed by atoms with Gasteiger partial charge in [0.05, 0.1) is 30.3 Å². The Labute approximate surface area is 125 Å². The zero-order valence-corrected chi connectivity index (χ0v) is 14.2. The molecular weight excluding hydrogens is 318 g/mol. The van der Waals surface area contributed by atoms with E-state index in [0.29, 0.717) is 11.4 Å². The fourth-order valence-electron chi connectivity index (χ4n) is 1.94. The molecule has 1 aromatic rings. The Kier molecular flexibility index (Phi) is 5.53. The normalized spacial score (nSPS) is 13.0. The van der Waals surface area contributed by atoms with Crippen molar-refractivity contribution >= 4 is 19.9 Å². The van der Waals surface area contributed by atoms with Crippen molar-refractivity contribution in [1.82, 2.24) is 14.1 Å². The smallest absolute Gasteiger partial charge is 0.246 e. The van der Waals surface area contributed by atoms with Crippen LogP contribution in [-0.2, 0) is 26.4 Å². The molecule has 122 valence electrons. The number of hydrogen-bond donors (Lipinski definition) is 1. The van der Waals surface area contributed by atoms with Crippen LogP contribution in [0.2, 0.25) is 0 Å². The van der Waals surface area contributed by atoms with Crippen LogP contribution in [0, 0.1) is 13.8 Å². The summed E-state index contributed by atoms with van der Waals surface area (Å²) >= 11 is 0. The minimum absolute atomic E-state index is 0.0620. The molecule has 0 saturated carbocycles. The fourth-order valence-corrected chi connectivity index (χ4v) is 4.19. The number of sulfone groups is 1. The number of aliphatic hydroxyl groups excluding tert-OH is 1. The molecule has 0 aliphatic rings. The summed E-state index contributed by atoms with van der Waals surface area (Å²) in [6.07, 6.45) is 1.06. The Morgan fingerprint density at radius 2 is 1.81 bits per heavy atom. The maximum Gasteiger partial charge on any atom is 0.246 e. The molecule has 0 amide bonds. The fraction of sp³-hybridized carbons (Fsp3) is 0.727. The van der Waals surface area contributed by atoms with Crippen molar-refractivity contribution in [2.45, 2.75) is 25.3 Å². The van der Waals surface area contributed by atoms with Crippen molar-refractivity contribution < 1.29 is 21.9 Å².